The van der Waals surface area contributed by atoms with E-state index in [0.29, 0.717) is 12.1 Å². The molecule has 0 saturated heterocycles. The smallest absolute Gasteiger partial charge is 0.128 e. The van der Waals surface area contributed by atoms with Gasteiger partial charge in [0.1, 0.15) is 17.6 Å². The minimum Gasteiger partial charge on any atom is -0.497 e. The van der Waals surface area contributed by atoms with Gasteiger partial charge >= 0.3 is 0 Å². The van der Waals surface area contributed by atoms with Gasteiger partial charge in [-0.15, -0.1) is 0 Å². The lowest BCUT2D eigenvalue weighted by Crippen LogP contribution is -2.33. The van der Waals surface area contributed by atoms with Crippen LogP contribution in [0, 0.1) is 5.92 Å². The van der Waals surface area contributed by atoms with E-state index in [2.05, 4.69) is 11.4 Å². The maximum atomic E-state index is 6.29. The quantitative estimate of drug-likeness (QED) is 0.906. The van der Waals surface area contributed by atoms with Crippen LogP contribution < -0.4 is 14.8 Å². The summed E-state index contributed by atoms with van der Waals surface area (Å²) >= 11 is 0. The lowest BCUT2D eigenvalue weighted by atomic mass is 9.83. The van der Waals surface area contributed by atoms with E-state index >= 15 is 0 Å². The first-order valence-corrected chi connectivity index (χ1v) is 8.32. The fourth-order valence-electron chi connectivity index (χ4n) is 3.86. The first kappa shape index (κ1) is 14.7. The lowest BCUT2D eigenvalue weighted by Gasteiger charge is -2.35. The van der Waals surface area contributed by atoms with Crippen molar-refractivity contribution in [3.05, 3.63) is 23.8 Å². The molecule has 0 radical (unpaired) electrons. The Labute approximate surface area is 128 Å². The van der Waals surface area contributed by atoms with Crippen LogP contribution in [0.4, 0.5) is 0 Å². The van der Waals surface area contributed by atoms with E-state index in [1.54, 1.807) is 7.11 Å². The van der Waals surface area contributed by atoms with Gasteiger partial charge in [0.25, 0.3) is 0 Å². The Bertz CT molecular complexity index is 468. The number of hydrogen-bond donors (Lipinski definition) is 1. The average molecular weight is 289 g/mol. The van der Waals surface area contributed by atoms with Crippen LogP contribution in [0.5, 0.6) is 11.5 Å². The Morgan fingerprint density at radius 3 is 2.76 bits per heavy atom. The van der Waals surface area contributed by atoms with Crippen molar-refractivity contribution >= 4 is 0 Å². The fraction of sp³-hybridized carbons (Fsp3) is 0.667. The Morgan fingerprint density at radius 1 is 1.24 bits per heavy atom. The molecule has 1 aromatic rings. The Hall–Kier alpha value is -1.22. The van der Waals surface area contributed by atoms with Crippen LogP contribution in [-0.2, 0) is 0 Å². The Morgan fingerprint density at radius 2 is 2.05 bits per heavy atom. The van der Waals surface area contributed by atoms with Crippen molar-refractivity contribution in [1.29, 1.82) is 0 Å². The fourth-order valence-corrected chi connectivity index (χ4v) is 3.86. The monoisotopic (exact) mass is 289 g/mol. The number of nitrogens with one attached hydrogen (secondary N) is 1. The summed E-state index contributed by atoms with van der Waals surface area (Å²) in [5.41, 5.74) is 1.26. The van der Waals surface area contributed by atoms with Crippen LogP contribution in [0.15, 0.2) is 18.2 Å². The standard InChI is InChI=1S/C18H27NO2/c1-19-17-11-15(10-13-6-4-3-5-7-13)21-18-12-14(20-2)8-9-16(17)18/h8-9,12-13,15,17,19H,3-7,10-11H2,1-2H3. The average Bonchev–Trinajstić information content (AvgIpc) is 2.54. The highest BCUT2D eigenvalue weighted by molar-refractivity contribution is 5.44. The first-order valence-electron chi connectivity index (χ1n) is 8.32. The van der Waals surface area contributed by atoms with E-state index in [1.165, 1.54) is 44.1 Å². The molecular weight excluding hydrogens is 262 g/mol. The summed E-state index contributed by atoms with van der Waals surface area (Å²) in [6.07, 6.45) is 9.60. The molecule has 2 unspecified atom stereocenters. The van der Waals surface area contributed by atoms with Gasteiger partial charge in [0, 0.05) is 24.1 Å². The van der Waals surface area contributed by atoms with Gasteiger partial charge in [-0.3, -0.25) is 0 Å². The minimum atomic E-state index is 0.338. The zero-order chi connectivity index (χ0) is 14.7. The Kier molecular flexibility index (Phi) is 4.69. The summed E-state index contributed by atoms with van der Waals surface area (Å²) in [5.74, 6) is 2.73. The highest BCUT2D eigenvalue weighted by Crippen LogP contribution is 2.39. The molecule has 1 aromatic carbocycles. The summed E-state index contributed by atoms with van der Waals surface area (Å²) in [5, 5.41) is 3.44. The van der Waals surface area contributed by atoms with Gasteiger partial charge < -0.3 is 14.8 Å². The van der Waals surface area contributed by atoms with Crippen LogP contribution in [0.25, 0.3) is 0 Å². The molecule has 1 saturated carbocycles. The molecule has 0 aromatic heterocycles. The van der Waals surface area contributed by atoms with Crippen molar-refractivity contribution in [1.82, 2.24) is 5.32 Å². The van der Waals surface area contributed by atoms with Crippen LogP contribution in [0.1, 0.15) is 56.6 Å². The molecule has 3 nitrogen and oxygen atoms in total. The van der Waals surface area contributed by atoms with E-state index in [9.17, 15) is 0 Å². The molecule has 2 atom stereocenters. The first-order chi connectivity index (χ1) is 10.3. The molecule has 3 rings (SSSR count). The van der Waals surface area contributed by atoms with Gasteiger partial charge in [-0.1, -0.05) is 38.2 Å². The zero-order valence-electron chi connectivity index (χ0n) is 13.2. The van der Waals surface area contributed by atoms with Crippen LogP contribution in [-0.4, -0.2) is 20.3 Å². The van der Waals surface area contributed by atoms with Crippen molar-refractivity contribution in [2.24, 2.45) is 5.92 Å². The topological polar surface area (TPSA) is 30.5 Å². The van der Waals surface area contributed by atoms with Crippen molar-refractivity contribution < 1.29 is 9.47 Å². The molecule has 1 N–H and O–H groups in total. The number of hydrogen-bond acceptors (Lipinski definition) is 3. The van der Waals surface area contributed by atoms with Crippen LogP contribution in [0.2, 0.25) is 0 Å². The van der Waals surface area contributed by atoms with Crippen LogP contribution >= 0.6 is 0 Å². The van der Waals surface area contributed by atoms with Crippen molar-refractivity contribution in [3.8, 4) is 11.5 Å². The molecule has 1 aliphatic carbocycles. The second-order valence-electron chi connectivity index (χ2n) is 6.46. The molecule has 0 amide bonds. The van der Waals surface area contributed by atoms with Crippen molar-refractivity contribution in [3.63, 3.8) is 0 Å². The van der Waals surface area contributed by atoms with Crippen LogP contribution in [0.3, 0.4) is 0 Å². The zero-order valence-corrected chi connectivity index (χ0v) is 13.2. The predicted molar refractivity (Wildman–Crippen MR) is 85.0 cm³/mol. The molecule has 1 aliphatic heterocycles. The third kappa shape index (κ3) is 3.34. The Balaban J connectivity index is 1.73. The largest absolute Gasteiger partial charge is 0.497 e. The predicted octanol–water partition coefficient (Wildman–Crippen LogP) is 4.08. The minimum absolute atomic E-state index is 0.338. The van der Waals surface area contributed by atoms with E-state index in [-0.39, 0.29) is 0 Å². The third-order valence-corrected chi connectivity index (χ3v) is 5.06. The van der Waals surface area contributed by atoms with E-state index in [0.717, 1.165) is 23.8 Å². The van der Waals surface area contributed by atoms with E-state index < -0.39 is 0 Å². The van der Waals surface area contributed by atoms with Gasteiger partial charge in [0.2, 0.25) is 0 Å². The summed E-state index contributed by atoms with van der Waals surface area (Å²) < 4.78 is 11.6. The maximum Gasteiger partial charge on any atom is 0.128 e. The molecule has 116 valence electrons. The molecule has 2 aliphatic rings. The summed E-state index contributed by atoms with van der Waals surface area (Å²) in [6.45, 7) is 0. The number of fused-ring (bicyclic) bond motifs is 1. The van der Waals surface area contributed by atoms with Gasteiger partial charge in [0.15, 0.2) is 0 Å². The summed E-state index contributed by atoms with van der Waals surface area (Å²) in [4.78, 5) is 0. The van der Waals surface area contributed by atoms with Crippen molar-refractivity contribution in [2.75, 3.05) is 14.2 Å². The summed E-state index contributed by atoms with van der Waals surface area (Å²) in [6, 6.07) is 6.58. The molecule has 21 heavy (non-hydrogen) atoms. The van der Waals surface area contributed by atoms with E-state index in [1.807, 2.05) is 19.2 Å². The highest BCUT2D eigenvalue weighted by atomic mass is 16.5. The number of benzene rings is 1. The van der Waals surface area contributed by atoms with E-state index in [4.69, 9.17) is 9.47 Å². The normalized spacial score (nSPS) is 26.0. The van der Waals surface area contributed by atoms with Gasteiger partial charge in [-0.25, -0.2) is 0 Å². The number of rotatable bonds is 4. The molecular formula is C18H27NO2. The number of ether oxygens (including phenoxy) is 2. The molecule has 1 heterocycles. The molecule has 3 heteroatoms. The summed E-state index contributed by atoms with van der Waals surface area (Å²) in [7, 11) is 3.75. The second-order valence-corrected chi connectivity index (χ2v) is 6.46. The molecule has 0 bridgehead atoms. The highest BCUT2D eigenvalue weighted by Gasteiger charge is 2.29. The lowest BCUT2D eigenvalue weighted by molar-refractivity contribution is 0.114. The maximum absolute atomic E-state index is 6.29. The molecule has 0 spiro atoms. The second kappa shape index (κ2) is 6.69. The SMILES string of the molecule is CNC1CC(CC2CCCCC2)Oc2cc(OC)ccc21. The number of methoxy groups -OCH3 is 1. The van der Waals surface area contributed by atoms with Gasteiger partial charge in [-0.2, -0.15) is 0 Å². The van der Waals surface area contributed by atoms with Gasteiger partial charge in [-0.05, 0) is 25.5 Å². The van der Waals surface area contributed by atoms with Gasteiger partial charge in [0.05, 0.1) is 7.11 Å². The molecule has 1 fully saturated rings. The van der Waals surface area contributed by atoms with Crippen molar-refractivity contribution in [2.45, 2.75) is 57.1 Å². The third-order valence-electron chi connectivity index (χ3n) is 5.06.